The predicted octanol–water partition coefficient (Wildman–Crippen LogP) is 2.46. The van der Waals surface area contributed by atoms with Crippen LogP contribution in [0.2, 0.25) is 0 Å². The maximum atomic E-state index is 9.87. The molecule has 3 heteroatoms. The van der Waals surface area contributed by atoms with E-state index in [0.717, 1.165) is 10.2 Å². The number of nitrogens with zero attached hydrogens (tertiary/aromatic N) is 1. The van der Waals surface area contributed by atoms with Gasteiger partial charge in [-0.15, -0.1) is 0 Å². The minimum atomic E-state index is -0.745. The van der Waals surface area contributed by atoms with Crippen molar-refractivity contribution < 1.29 is 5.11 Å². The smallest absolute Gasteiger partial charge is 0.106 e. The summed E-state index contributed by atoms with van der Waals surface area (Å²) in [5, 5.41) is 9.87. The average molecular weight is 230 g/mol. The second kappa shape index (κ2) is 3.54. The molecule has 2 nitrogen and oxygen atoms in total. The number of aliphatic hydroxyl groups is 1. The molecule has 0 spiro atoms. The fraction of sp³-hybridized carbons (Fsp3) is 0.444. The Bertz CT molecular complexity index is 273. The highest BCUT2D eigenvalue weighted by Gasteiger charge is 2.20. The average Bonchev–Trinajstić information content (AvgIpc) is 2.05. The van der Waals surface area contributed by atoms with E-state index in [1.165, 1.54) is 0 Å². The van der Waals surface area contributed by atoms with Gasteiger partial charge in [-0.1, -0.05) is 6.92 Å². The summed E-state index contributed by atoms with van der Waals surface area (Å²) >= 11 is 3.26. The van der Waals surface area contributed by atoms with E-state index in [4.69, 9.17) is 0 Å². The number of hydrogen-bond donors (Lipinski definition) is 1. The molecular weight excluding hydrogens is 218 g/mol. The van der Waals surface area contributed by atoms with Crippen LogP contribution < -0.4 is 0 Å². The van der Waals surface area contributed by atoms with E-state index >= 15 is 0 Å². The van der Waals surface area contributed by atoms with Gasteiger partial charge in [0.05, 0.1) is 5.60 Å². The highest BCUT2D eigenvalue weighted by atomic mass is 79.9. The fourth-order valence-electron chi connectivity index (χ4n) is 0.942. The molecule has 0 fully saturated rings. The first-order valence-electron chi connectivity index (χ1n) is 3.90. The van der Waals surface area contributed by atoms with Gasteiger partial charge in [0, 0.05) is 6.20 Å². The zero-order valence-electron chi connectivity index (χ0n) is 7.21. The van der Waals surface area contributed by atoms with E-state index in [-0.39, 0.29) is 0 Å². The minimum absolute atomic E-state index is 0.698. The number of aromatic nitrogens is 1. The first-order valence-corrected chi connectivity index (χ1v) is 4.70. The van der Waals surface area contributed by atoms with Gasteiger partial charge in [0.25, 0.3) is 0 Å². The Balaban J connectivity index is 3.03. The van der Waals surface area contributed by atoms with Crippen molar-refractivity contribution in [1.29, 1.82) is 0 Å². The molecule has 0 amide bonds. The molecular formula is C9H12BrNO. The Kier molecular flexibility index (Phi) is 2.85. The zero-order valence-corrected chi connectivity index (χ0v) is 8.80. The van der Waals surface area contributed by atoms with Crippen molar-refractivity contribution >= 4 is 15.9 Å². The van der Waals surface area contributed by atoms with Crippen molar-refractivity contribution in [3.63, 3.8) is 0 Å². The van der Waals surface area contributed by atoms with Crippen molar-refractivity contribution in [3.05, 3.63) is 28.5 Å². The molecule has 1 heterocycles. The Morgan fingerprint density at radius 2 is 2.33 bits per heavy atom. The number of halogens is 1. The maximum Gasteiger partial charge on any atom is 0.106 e. The summed E-state index contributed by atoms with van der Waals surface area (Å²) in [6, 6.07) is 3.66. The van der Waals surface area contributed by atoms with Crippen molar-refractivity contribution in [2.45, 2.75) is 25.9 Å². The minimum Gasteiger partial charge on any atom is -0.385 e. The van der Waals surface area contributed by atoms with E-state index in [9.17, 15) is 5.11 Å². The quantitative estimate of drug-likeness (QED) is 0.791. The van der Waals surface area contributed by atoms with E-state index in [2.05, 4.69) is 20.9 Å². The van der Waals surface area contributed by atoms with E-state index in [0.29, 0.717) is 6.42 Å². The van der Waals surface area contributed by atoms with Gasteiger partial charge in [-0.25, -0.2) is 4.98 Å². The molecule has 1 aromatic heterocycles. The van der Waals surface area contributed by atoms with Crippen molar-refractivity contribution in [1.82, 2.24) is 4.98 Å². The fourth-order valence-corrected chi connectivity index (χ4v) is 1.31. The molecule has 0 saturated heterocycles. The SMILES string of the molecule is CCC(C)(O)c1ccnc(Br)c1. The highest BCUT2D eigenvalue weighted by Crippen LogP contribution is 2.24. The second-order valence-corrected chi connectivity index (χ2v) is 3.81. The molecule has 1 atom stereocenters. The number of pyridine rings is 1. The monoisotopic (exact) mass is 229 g/mol. The summed E-state index contributed by atoms with van der Waals surface area (Å²) < 4.78 is 0.758. The van der Waals surface area contributed by atoms with Crippen LogP contribution >= 0.6 is 15.9 Å². The van der Waals surface area contributed by atoms with Gasteiger partial charge in [0.15, 0.2) is 0 Å². The van der Waals surface area contributed by atoms with Gasteiger partial charge < -0.3 is 5.11 Å². The summed E-state index contributed by atoms with van der Waals surface area (Å²) in [5.41, 5.74) is 0.151. The van der Waals surface area contributed by atoms with Crippen LogP contribution in [0.25, 0.3) is 0 Å². The second-order valence-electron chi connectivity index (χ2n) is 2.99. The van der Waals surface area contributed by atoms with Crippen LogP contribution in [0.15, 0.2) is 22.9 Å². The molecule has 0 saturated carbocycles. The summed E-state index contributed by atoms with van der Waals surface area (Å²) in [7, 11) is 0. The normalized spacial score (nSPS) is 15.7. The molecule has 1 N–H and O–H groups in total. The first kappa shape index (κ1) is 9.68. The third-order valence-electron chi connectivity index (χ3n) is 2.04. The summed E-state index contributed by atoms with van der Waals surface area (Å²) in [6.45, 7) is 3.75. The van der Waals surface area contributed by atoms with Gasteiger partial charge in [0.1, 0.15) is 4.60 Å². The molecule has 0 radical (unpaired) electrons. The van der Waals surface area contributed by atoms with Crippen molar-refractivity contribution in [2.24, 2.45) is 0 Å². The van der Waals surface area contributed by atoms with Crippen LogP contribution in [-0.2, 0) is 5.60 Å². The van der Waals surface area contributed by atoms with Crippen LogP contribution in [0.4, 0.5) is 0 Å². The van der Waals surface area contributed by atoms with Crippen LogP contribution in [0.3, 0.4) is 0 Å². The lowest BCUT2D eigenvalue weighted by Crippen LogP contribution is -2.19. The standard InChI is InChI=1S/C9H12BrNO/c1-3-9(2,12)7-4-5-11-8(10)6-7/h4-6,12H,3H2,1-2H3. The van der Waals surface area contributed by atoms with E-state index in [1.54, 1.807) is 13.1 Å². The molecule has 1 unspecified atom stereocenters. The topological polar surface area (TPSA) is 33.1 Å². The molecule has 12 heavy (non-hydrogen) atoms. The molecule has 1 rings (SSSR count). The third kappa shape index (κ3) is 2.05. The lowest BCUT2D eigenvalue weighted by atomic mass is 9.95. The van der Waals surface area contributed by atoms with E-state index < -0.39 is 5.60 Å². The lowest BCUT2D eigenvalue weighted by Gasteiger charge is -2.21. The largest absolute Gasteiger partial charge is 0.385 e. The molecule has 0 aromatic carbocycles. The van der Waals surface area contributed by atoms with Crippen LogP contribution in [0.5, 0.6) is 0 Å². The maximum absolute atomic E-state index is 9.87. The summed E-state index contributed by atoms with van der Waals surface area (Å²) in [4.78, 5) is 3.99. The Morgan fingerprint density at radius 1 is 1.67 bits per heavy atom. The van der Waals surface area contributed by atoms with Crippen LogP contribution in [0, 0.1) is 0 Å². The number of rotatable bonds is 2. The van der Waals surface area contributed by atoms with Crippen LogP contribution in [0.1, 0.15) is 25.8 Å². The molecule has 1 aromatic rings. The van der Waals surface area contributed by atoms with Gasteiger partial charge in [-0.05, 0) is 47.0 Å². The van der Waals surface area contributed by atoms with Crippen molar-refractivity contribution in [2.75, 3.05) is 0 Å². The molecule has 66 valence electrons. The zero-order chi connectivity index (χ0) is 9.19. The van der Waals surface area contributed by atoms with Gasteiger partial charge >= 0.3 is 0 Å². The molecule has 0 bridgehead atoms. The predicted molar refractivity (Wildman–Crippen MR) is 51.8 cm³/mol. The first-order chi connectivity index (χ1) is 5.56. The number of hydrogen-bond acceptors (Lipinski definition) is 2. The Labute approximate surface area is 80.8 Å². The van der Waals surface area contributed by atoms with Gasteiger partial charge in [0.2, 0.25) is 0 Å². The third-order valence-corrected chi connectivity index (χ3v) is 2.47. The van der Waals surface area contributed by atoms with E-state index in [1.807, 2.05) is 19.1 Å². The lowest BCUT2D eigenvalue weighted by molar-refractivity contribution is 0.0529. The molecule has 0 aliphatic heterocycles. The molecule has 0 aliphatic rings. The van der Waals surface area contributed by atoms with Crippen molar-refractivity contribution in [3.8, 4) is 0 Å². The Morgan fingerprint density at radius 3 is 2.83 bits per heavy atom. The molecule has 0 aliphatic carbocycles. The van der Waals surface area contributed by atoms with Crippen LogP contribution in [-0.4, -0.2) is 10.1 Å². The summed E-state index contributed by atoms with van der Waals surface area (Å²) in [6.07, 6.45) is 2.38. The van der Waals surface area contributed by atoms with Gasteiger partial charge in [-0.2, -0.15) is 0 Å². The van der Waals surface area contributed by atoms with Gasteiger partial charge in [-0.3, -0.25) is 0 Å². The highest BCUT2D eigenvalue weighted by molar-refractivity contribution is 9.10. The Hall–Kier alpha value is -0.410. The summed E-state index contributed by atoms with van der Waals surface area (Å²) in [5.74, 6) is 0.